The number of aliphatic carboxylic acids is 1. The Morgan fingerprint density at radius 3 is 2.60 bits per heavy atom. The van der Waals surface area contributed by atoms with Gasteiger partial charge in [-0.1, -0.05) is 0 Å². The third-order valence-electron chi connectivity index (χ3n) is 1.72. The third kappa shape index (κ3) is 7.21. The Balaban J connectivity index is 3.85. The summed E-state index contributed by atoms with van der Waals surface area (Å²) in [6, 6.07) is -0.659. The molecule has 0 aromatic rings. The molecule has 0 radical (unpaired) electrons. The number of esters is 1. The molecule has 0 amide bonds. The minimum Gasteiger partial charge on any atom is -0.481 e. The average Bonchev–Trinajstić information content (AvgIpc) is 2.12. The number of carboxylic acids is 1. The second-order valence-electron chi connectivity index (χ2n) is 3.23. The van der Waals surface area contributed by atoms with Crippen molar-refractivity contribution < 1.29 is 19.4 Å². The van der Waals surface area contributed by atoms with Gasteiger partial charge in [0, 0.05) is 0 Å². The maximum Gasteiger partial charge on any atom is 0.323 e. The molecular weight excluding hydrogens is 218 g/mol. The van der Waals surface area contributed by atoms with Gasteiger partial charge in [-0.2, -0.15) is 11.8 Å². The number of hydrogen-bond acceptors (Lipinski definition) is 5. The fourth-order valence-electron chi connectivity index (χ4n) is 0.936. The SMILES string of the molecule is CSCC[C@H](N)C(=O)OC(C)CC(=O)O. The lowest BCUT2D eigenvalue weighted by Crippen LogP contribution is -2.35. The smallest absolute Gasteiger partial charge is 0.323 e. The number of hydrogen-bond donors (Lipinski definition) is 2. The number of ether oxygens (including phenoxy) is 1. The van der Waals surface area contributed by atoms with E-state index in [1.807, 2.05) is 6.26 Å². The summed E-state index contributed by atoms with van der Waals surface area (Å²) in [6.45, 7) is 1.54. The first-order chi connectivity index (χ1) is 6.97. The van der Waals surface area contributed by atoms with Crippen LogP contribution in [0, 0.1) is 0 Å². The van der Waals surface area contributed by atoms with E-state index < -0.39 is 24.1 Å². The van der Waals surface area contributed by atoms with Gasteiger partial charge in [-0.05, 0) is 25.4 Å². The molecule has 0 spiro atoms. The van der Waals surface area contributed by atoms with E-state index >= 15 is 0 Å². The summed E-state index contributed by atoms with van der Waals surface area (Å²) >= 11 is 1.60. The van der Waals surface area contributed by atoms with Crippen molar-refractivity contribution in [1.82, 2.24) is 0 Å². The van der Waals surface area contributed by atoms with Gasteiger partial charge in [0.15, 0.2) is 0 Å². The quantitative estimate of drug-likeness (QED) is 0.624. The topological polar surface area (TPSA) is 89.6 Å². The molecule has 0 rings (SSSR count). The van der Waals surface area contributed by atoms with Gasteiger partial charge < -0.3 is 15.6 Å². The lowest BCUT2D eigenvalue weighted by Gasteiger charge is -2.14. The zero-order valence-corrected chi connectivity index (χ0v) is 9.75. The van der Waals surface area contributed by atoms with E-state index in [4.69, 9.17) is 15.6 Å². The highest BCUT2D eigenvalue weighted by Crippen LogP contribution is 2.04. The van der Waals surface area contributed by atoms with Crippen LogP contribution in [0.3, 0.4) is 0 Å². The van der Waals surface area contributed by atoms with Crippen molar-refractivity contribution in [1.29, 1.82) is 0 Å². The largest absolute Gasteiger partial charge is 0.481 e. The van der Waals surface area contributed by atoms with Crippen molar-refractivity contribution in [3.63, 3.8) is 0 Å². The van der Waals surface area contributed by atoms with Crippen LogP contribution in [0.4, 0.5) is 0 Å². The summed E-state index contributed by atoms with van der Waals surface area (Å²) in [7, 11) is 0. The highest BCUT2D eigenvalue weighted by molar-refractivity contribution is 7.98. The summed E-state index contributed by atoms with van der Waals surface area (Å²) in [6.07, 6.45) is 1.64. The molecule has 0 fully saturated rings. The van der Waals surface area contributed by atoms with Gasteiger partial charge in [0.1, 0.15) is 12.1 Å². The standard InChI is InChI=1S/C9H17NO4S/c1-6(5-8(11)12)14-9(13)7(10)3-4-15-2/h6-7H,3-5,10H2,1-2H3,(H,11,12)/t6?,7-/m0/s1. The number of rotatable bonds is 7. The number of carboxylic acid groups (broad SMARTS) is 1. The summed E-state index contributed by atoms with van der Waals surface area (Å²) < 4.78 is 4.87. The van der Waals surface area contributed by atoms with Crippen molar-refractivity contribution >= 4 is 23.7 Å². The van der Waals surface area contributed by atoms with Crippen molar-refractivity contribution in [2.45, 2.75) is 31.9 Å². The molecule has 0 saturated carbocycles. The summed E-state index contributed by atoms with van der Waals surface area (Å²) in [5.41, 5.74) is 5.55. The minimum atomic E-state index is -0.993. The van der Waals surface area contributed by atoms with Crippen LogP contribution in [0.5, 0.6) is 0 Å². The minimum absolute atomic E-state index is 0.193. The second kappa shape index (κ2) is 7.53. The zero-order valence-electron chi connectivity index (χ0n) is 8.93. The Morgan fingerprint density at radius 2 is 2.13 bits per heavy atom. The van der Waals surface area contributed by atoms with E-state index in [1.165, 1.54) is 6.92 Å². The number of carbonyl (C=O) groups excluding carboxylic acids is 1. The molecule has 0 saturated heterocycles. The van der Waals surface area contributed by atoms with Gasteiger partial charge in [-0.15, -0.1) is 0 Å². The number of thioether (sulfide) groups is 1. The molecule has 0 aliphatic carbocycles. The van der Waals surface area contributed by atoms with Crippen molar-refractivity contribution in [3.05, 3.63) is 0 Å². The van der Waals surface area contributed by atoms with Gasteiger partial charge in [0.2, 0.25) is 0 Å². The zero-order chi connectivity index (χ0) is 11.8. The van der Waals surface area contributed by atoms with Gasteiger partial charge in [-0.25, -0.2) is 0 Å². The third-order valence-corrected chi connectivity index (χ3v) is 2.36. The first-order valence-electron chi connectivity index (χ1n) is 4.64. The average molecular weight is 235 g/mol. The van der Waals surface area contributed by atoms with Crippen LogP contribution in [0.1, 0.15) is 19.8 Å². The van der Waals surface area contributed by atoms with Crippen LogP contribution >= 0.6 is 11.8 Å². The lowest BCUT2D eigenvalue weighted by molar-refractivity contribution is -0.153. The summed E-state index contributed by atoms with van der Waals surface area (Å²) in [5.74, 6) is -0.741. The molecule has 1 unspecified atom stereocenters. The molecule has 88 valence electrons. The molecule has 0 heterocycles. The molecular formula is C9H17NO4S. The normalized spacial score (nSPS) is 14.3. The van der Waals surface area contributed by atoms with E-state index in [9.17, 15) is 9.59 Å². The molecule has 0 aliphatic rings. The number of carbonyl (C=O) groups is 2. The monoisotopic (exact) mass is 235 g/mol. The Bertz CT molecular complexity index is 222. The molecule has 0 aromatic carbocycles. The lowest BCUT2D eigenvalue weighted by atomic mass is 10.2. The predicted molar refractivity (Wildman–Crippen MR) is 58.8 cm³/mol. The molecule has 0 bridgehead atoms. The van der Waals surface area contributed by atoms with Crippen LogP contribution in [0.25, 0.3) is 0 Å². The fourth-order valence-corrected chi connectivity index (χ4v) is 1.43. The molecule has 5 nitrogen and oxygen atoms in total. The molecule has 0 aromatic heterocycles. The van der Waals surface area contributed by atoms with Gasteiger partial charge in [0.25, 0.3) is 0 Å². The van der Waals surface area contributed by atoms with E-state index in [0.717, 1.165) is 5.75 Å². The summed E-state index contributed by atoms with van der Waals surface area (Å²) in [5, 5.41) is 8.45. The summed E-state index contributed by atoms with van der Waals surface area (Å²) in [4.78, 5) is 21.6. The fraction of sp³-hybridized carbons (Fsp3) is 0.778. The van der Waals surface area contributed by atoms with Crippen molar-refractivity contribution in [3.8, 4) is 0 Å². The molecule has 0 aliphatic heterocycles. The van der Waals surface area contributed by atoms with E-state index in [2.05, 4.69) is 0 Å². The van der Waals surface area contributed by atoms with Crippen LogP contribution < -0.4 is 5.73 Å². The van der Waals surface area contributed by atoms with E-state index in [-0.39, 0.29) is 6.42 Å². The molecule has 15 heavy (non-hydrogen) atoms. The Kier molecular flexibility index (Phi) is 7.15. The van der Waals surface area contributed by atoms with Crippen LogP contribution in [-0.2, 0) is 14.3 Å². The molecule has 6 heteroatoms. The first kappa shape index (κ1) is 14.2. The molecule has 3 N–H and O–H groups in total. The van der Waals surface area contributed by atoms with Crippen molar-refractivity contribution in [2.24, 2.45) is 5.73 Å². The van der Waals surface area contributed by atoms with E-state index in [1.54, 1.807) is 11.8 Å². The Labute approximate surface area is 93.4 Å². The second-order valence-corrected chi connectivity index (χ2v) is 4.22. The van der Waals surface area contributed by atoms with Crippen molar-refractivity contribution in [2.75, 3.05) is 12.0 Å². The predicted octanol–water partition coefficient (Wildman–Crippen LogP) is 0.473. The van der Waals surface area contributed by atoms with Gasteiger partial charge >= 0.3 is 11.9 Å². The highest BCUT2D eigenvalue weighted by Gasteiger charge is 2.18. The van der Waals surface area contributed by atoms with Crippen LogP contribution in [0.15, 0.2) is 0 Å². The van der Waals surface area contributed by atoms with Crippen LogP contribution in [0.2, 0.25) is 0 Å². The maximum absolute atomic E-state index is 11.3. The van der Waals surface area contributed by atoms with E-state index in [0.29, 0.717) is 6.42 Å². The molecule has 2 atom stereocenters. The first-order valence-corrected chi connectivity index (χ1v) is 6.03. The van der Waals surface area contributed by atoms with Crippen LogP contribution in [-0.4, -0.2) is 41.2 Å². The Hall–Kier alpha value is -0.750. The highest BCUT2D eigenvalue weighted by atomic mass is 32.2. The van der Waals surface area contributed by atoms with Gasteiger partial charge in [0.05, 0.1) is 6.42 Å². The maximum atomic E-state index is 11.3. The number of nitrogens with two attached hydrogens (primary N) is 1. The Morgan fingerprint density at radius 1 is 1.53 bits per heavy atom. The van der Waals surface area contributed by atoms with Gasteiger partial charge in [-0.3, -0.25) is 9.59 Å².